The highest BCUT2D eigenvalue weighted by Crippen LogP contribution is 2.05. The van der Waals surface area contributed by atoms with Crippen LogP contribution in [0.15, 0.2) is 17.8 Å². The van der Waals surface area contributed by atoms with Crippen LogP contribution >= 0.6 is 0 Å². The molecule has 0 aromatic carbocycles. The summed E-state index contributed by atoms with van der Waals surface area (Å²) in [6.07, 6.45) is 3.83. The van der Waals surface area contributed by atoms with Gasteiger partial charge in [0.2, 0.25) is 0 Å². The Morgan fingerprint density at radius 1 is 1.73 bits per heavy atom. The second kappa shape index (κ2) is 6.83. The normalized spacial score (nSPS) is 11.3. The number of azide groups is 1. The molecule has 0 aromatic rings. The van der Waals surface area contributed by atoms with Crippen LogP contribution in [0.25, 0.3) is 10.4 Å². The van der Waals surface area contributed by atoms with Crippen LogP contribution in [-0.4, -0.2) is 12.8 Å². The fourth-order valence-corrected chi connectivity index (χ4v) is 0.724. The first-order chi connectivity index (χ1) is 5.35. The van der Waals surface area contributed by atoms with Crippen molar-refractivity contribution in [1.29, 1.82) is 0 Å². The van der Waals surface area contributed by atoms with Crippen LogP contribution < -0.4 is 0 Å². The van der Waals surface area contributed by atoms with E-state index in [1.807, 2.05) is 0 Å². The van der Waals surface area contributed by atoms with Gasteiger partial charge in [-0.25, -0.2) is 0 Å². The van der Waals surface area contributed by atoms with E-state index in [0.29, 0.717) is 19.4 Å². The third-order valence-electron chi connectivity index (χ3n) is 1.33. The first-order valence-corrected chi connectivity index (χ1v) is 3.42. The van der Waals surface area contributed by atoms with Crippen LogP contribution in [0, 0.1) is 5.92 Å². The van der Waals surface area contributed by atoms with Crippen molar-refractivity contribution in [1.82, 2.24) is 0 Å². The van der Waals surface area contributed by atoms with Gasteiger partial charge in [-0.1, -0.05) is 11.2 Å². The fraction of sp³-hybridized carbons (Fsp3) is 0.571. The van der Waals surface area contributed by atoms with Crippen molar-refractivity contribution in [2.24, 2.45) is 11.0 Å². The van der Waals surface area contributed by atoms with Crippen molar-refractivity contribution in [2.45, 2.75) is 12.8 Å². The van der Waals surface area contributed by atoms with Crippen LogP contribution in [0.2, 0.25) is 0 Å². The lowest BCUT2D eigenvalue weighted by atomic mass is 10.0. The summed E-state index contributed by atoms with van der Waals surface area (Å²) in [6.45, 7) is 3.90. The van der Waals surface area contributed by atoms with Crippen molar-refractivity contribution in [3.8, 4) is 0 Å². The lowest BCUT2D eigenvalue weighted by Gasteiger charge is -2.02. The number of carbonyl (C=O) groups is 1. The minimum Gasteiger partial charge on any atom is -0.303 e. The van der Waals surface area contributed by atoms with Crippen molar-refractivity contribution in [2.75, 3.05) is 6.54 Å². The van der Waals surface area contributed by atoms with E-state index in [9.17, 15) is 4.79 Å². The second-order valence-electron chi connectivity index (χ2n) is 2.16. The lowest BCUT2D eigenvalue weighted by molar-refractivity contribution is -0.111. The summed E-state index contributed by atoms with van der Waals surface area (Å²) < 4.78 is 0. The first-order valence-electron chi connectivity index (χ1n) is 3.42. The van der Waals surface area contributed by atoms with Crippen LogP contribution in [0.5, 0.6) is 0 Å². The van der Waals surface area contributed by atoms with E-state index >= 15 is 0 Å². The summed E-state index contributed by atoms with van der Waals surface area (Å²) in [4.78, 5) is 12.9. The Balaban J connectivity index is 3.58. The molecule has 0 aliphatic rings. The van der Waals surface area contributed by atoms with E-state index < -0.39 is 0 Å². The van der Waals surface area contributed by atoms with E-state index in [0.717, 1.165) is 6.29 Å². The zero-order valence-electron chi connectivity index (χ0n) is 6.31. The maximum Gasteiger partial charge on any atom is 0.123 e. The highest BCUT2D eigenvalue weighted by atomic mass is 16.1. The molecule has 0 saturated carbocycles. The summed E-state index contributed by atoms with van der Waals surface area (Å²) in [5.41, 5.74) is 7.93. The zero-order chi connectivity index (χ0) is 8.53. The van der Waals surface area contributed by atoms with Crippen LogP contribution in [0.1, 0.15) is 12.8 Å². The zero-order valence-corrected chi connectivity index (χ0v) is 6.31. The minimum atomic E-state index is -0.0435. The molecule has 0 amide bonds. The van der Waals surface area contributed by atoms with Crippen LogP contribution in [0.4, 0.5) is 0 Å². The number of aldehydes is 1. The molecule has 0 aliphatic heterocycles. The second-order valence-corrected chi connectivity index (χ2v) is 2.16. The summed E-state index contributed by atoms with van der Waals surface area (Å²) >= 11 is 0. The lowest BCUT2D eigenvalue weighted by Crippen LogP contribution is -2.01. The van der Waals surface area contributed by atoms with Gasteiger partial charge in [0, 0.05) is 17.4 Å². The molecule has 0 fully saturated rings. The molecule has 1 atom stereocenters. The number of nitrogens with zero attached hydrogens (tertiary/aromatic N) is 3. The number of allylic oxidation sites excluding steroid dienone is 1. The Morgan fingerprint density at radius 3 is 2.91 bits per heavy atom. The maximum atomic E-state index is 10.3. The number of rotatable bonds is 6. The number of hydrogen-bond acceptors (Lipinski definition) is 2. The Morgan fingerprint density at radius 2 is 2.45 bits per heavy atom. The maximum absolute atomic E-state index is 10.3. The minimum absolute atomic E-state index is 0.0435. The molecule has 11 heavy (non-hydrogen) atoms. The monoisotopic (exact) mass is 153 g/mol. The van der Waals surface area contributed by atoms with E-state index in [4.69, 9.17) is 5.53 Å². The van der Waals surface area contributed by atoms with Crippen molar-refractivity contribution in [3.63, 3.8) is 0 Å². The molecule has 0 bridgehead atoms. The third-order valence-corrected chi connectivity index (χ3v) is 1.33. The van der Waals surface area contributed by atoms with Gasteiger partial charge in [0.1, 0.15) is 6.29 Å². The summed E-state index contributed by atoms with van der Waals surface area (Å²) in [6, 6.07) is 0. The molecule has 0 saturated heterocycles. The standard InChI is InChI=1S/C7H11N3O/c1-2-3-7(6-11)4-5-9-10-8/h2,6-7H,1,3-5H2. The van der Waals surface area contributed by atoms with Crippen molar-refractivity contribution in [3.05, 3.63) is 23.1 Å². The highest BCUT2D eigenvalue weighted by Gasteiger charge is 2.02. The Hall–Kier alpha value is -1.28. The molecule has 4 heteroatoms. The van der Waals surface area contributed by atoms with Crippen LogP contribution in [0.3, 0.4) is 0 Å². The van der Waals surface area contributed by atoms with Gasteiger partial charge in [0.15, 0.2) is 0 Å². The number of carbonyl (C=O) groups excluding carboxylic acids is 1. The fourth-order valence-electron chi connectivity index (χ4n) is 0.724. The average molecular weight is 153 g/mol. The first kappa shape index (κ1) is 9.72. The van der Waals surface area contributed by atoms with Crippen LogP contribution in [-0.2, 0) is 4.79 Å². The predicted octanol–water partition coefficient (Wildman–Crippen LogP) is 2.08. The predicted molar refractivity (Wildman–Crippen MR) is 43.0 cm³/mol. The van der Waals surface area contributed by atoms with Crippen molar-refractivity contribution >= 4 is 6.29 Å². The molecule has 1 unspecified atom stereocenters. The molecule has 0 aromatic heterocycles. The molecule has 0 spiro atoms. The molecular formula is C7H11N3O. The molecule has 0 rings (SSSR count). The molecular weight excluding hydrogens is 142 g/mol. The van der Waals surface area contributed by atoms with Gasteiger partial charge in [0.05, 0.1) is 0 Å². The quantitative estimate of drug-likeness (QED) is 0.189. The average Bonchev–Trinajstić information content (AvgIpc) is 2.03. The van der Waals surface area contributed by atoms with Gasteiger partial charge in [-0.15, -0.1) is 6.58 Å². The third kappa shape index (κ3) is 5.18. The van der Waals surface area contributed by atoms with E-state index in [1.54, 1.807) is 6.08 Å². The Bertz CT molecular complexity index is 173. The summed E-state index contributed by atoms with van der Waals surface area (Å²) in [5.74, 6) is -0.0435. The van der Waals surface area contributed by atoms with Gasteiger partial charge < -0.3 is 4.79 Å². The molecule has 4 nitrogen and oxygen atoms in total. The summed E-state index contributed by atoms with van der Waals surface area (Å²) in [7, 11) is 0. The topological polar surface area (TPSA) is 65.8 Å². The van der Waals surface area contributed by atoms with E-state index in [1.165, 1.54) is 0 Å². The highest BCUT2D eigenvalue weighted by molar-refractivity contribution is 5.53. The molecule has 0 radical (unpaired) electrons. The van der Waals surface area contributed by atoms with E-state index in [2.05, 4.69) is 16.6 Å². The van der Waals surface area contributed by atoms with Gasteiger partial charge in [-0.05, 0) is 18.4 Å². The van der Waals surface area contributed by atoms with Crippen molar-refractivity contribution < 1.29 is 4.79 Å². The largest absolute Gasteiger partial charge is 0.303 e. The molecule has 0 aliphatic carbocycles. The molecule has 0 heterocycles. The molecule has 60 valence electrons. The SMILES string of the molecule is C=CCC(C=O)CCN=[N+]=[N-]. The molecule has 0 N–H and O–H groups in total. The smallest absolute Gasteiger partial charge is 0.123 e. The van der Waals surface area contributed by atoms with E-state index in [-0.39, 0.29) is 5.92 Å². The summed E-state index contributed by atoms with van der Waals surface area (Å²) in [5, 5.41) is 3.33. The van der Waals surface area contributed by atoms with Gasteiger partial charge >= 0.3 is 0 Å². The van der Waals surface area contributed by atoms with Gasteiger partial charge in [0.25, 0.3) is 0 Å². The number of hydrogen-bond donors (Lipinski definition) is 0. The Labute approximate surface area is 65.5 Å². The van der Waals surface area contributed by atoms with Gasteiger partial charge in [-0.2, -0.15) is 0 Å². The van der Waals surface area contributed by atoms with Gasteiger partial charge in [-0.3, -0.25) is 0 Å². The Kier molecular flexibility index (Phi) is 6.04.